The molecule has 0 saturated heterocycles. The molecule has 1 atom stereocenters. The van der Waals surface area contributed by atoms with Crippen LogP contribution in [0.4, 0.5) is 0 Å². The third kappa shape index (κ3) is 2.04. The number of benzene rings is 1. The van der Waals surface area contributed by atoms with Crippen molar-refractivity contribution >= 4 is 39.5 Å². The number of hydrogen-bond acceptors (Lipinski definition) is 2. The van der Waals surface area contributed by atoms with Crippen LogP contribution in [0.25, 0.3) is 0 Å². The number of fused-ring (bicyclic) bond motifs is 1. The summed E-state index contributed by atoms with van der Waals surface area (Å²) in [5, 5.41) is 0. The van der Waals surface area contributed by atoms with Crippen LogP contribution in [0.5, 0.6) is 0 Å². The number of nitrogens with one attached hydrogen (secondary N) is 1. The highest BCUT2D eigenvalue weighted by molar-refractivity contribution is 9.10. The Morgan fingerprint density at radius 3 is 3.15 bits per heavy atom. The summed E-state index contributed by atoms with van der Waals surface area (Å²) >= 11 is 11.1. The van der Waals surface area contributed by atoms with Crippen molar-refractivity contribution in [2.75, 3.05) is 5.75 Å². The van der Waals surface area contributed by atoms with E-state index in [1.54, 1.807) is 0 Å². The van der Waals surface area contributed by atoms with Crippen LogP contribution in [0.3, 0.4) is 0 Å². The smallest absolute Gasteiger partial charge is 0.0564 e. The molecule has 0 bridgehead atoms. The van der Waals surface area contributed by atoms with Crippen LogP contribution in [0.15, 0.2) is 22.7 Å². The van der Waals surface area contributed by atoms with Gasteiger partial charge in [-0.2, -0.15) is 11.8 Å². The lowest BCUT2D eigenvalue weighted by atomic mass is 10.0. The predicted octanol–water partition coefficient (Wildman–Crippen LogP) is 3.48. The summed E-state index contributed by atoms with van der Waals surface area (Å²) in [5.74, 6) is 2.14. The second-order valence-corrected chi connectivity index (χ2v) is 5.18. The van der Waals surface area contributed by atoms with E-state index < -0.39 is 0 Å². The lowest BCUT2D eigenvalue weighted by molar-refractivity contribution is 0.740. The minimum absolute atomic E-state index is 0.285. The van der Waals surface area contributed by atoms with Gasteiger partial charge in [0.15, 0.2) is 0 Å². The van der Waals surface area contributed by atoms with Crippen molar-refractivity contribution in [1.29, 1.82) is 0 Å². The van der Waals surface area contributed by atoms with Gasteiger partial charge in [-0.15, -0.1) is 0 Å². The Morgan fingerprint density at radius 1 is 1.54 bits per heavy atom. The molecule has 1 aliphatic heterocycles. The van der Waals surface area contributed by atoms with Crippen LogP contribution in [0, 0.1) is 0 Å². The molecule has 0 fully saturated rings. The number of thioether (sulfide) groups is 1. The Balaban J connectivity index is 2.41. The van der Waals surface area contributed by atoms with Crippen molar-refractivity contribution < 1.29 is 0 Å². The van der Waals surface area contributed by atoms with Gasteiger partial charge in [0.25, 0.3) is 0 Å². The van der Waals surface area contributed by atoms with Gasteiger partial charge in [-0.1, -0.05) is 22.0 Å². The molecule has 0 amide bonds. The molecule has 1 aliphatic rings. The van der Waals surface area contributed by atoms with E-state index in [9.17, 15) is 0 Å². The van der Waals surface area contributed by atoms with Crippen LogP contribution in [-0.4, -0.2) is 5.75 Å². The van der Waals surface area contributed by atoms with Crippen LogP contribution >= 0.6 is 39.5 Å². The van der Waals surface area contributed by atoms with Gasteiger partial charge in [0.2, 0.25) is 0 Å². The maximum absolute atomic E-state index is 5.68. The first-order valence-corrected chi connectivity index (χ1v) is 6.36. The zero-order valence-electron chi connectivity index (χ0n) is 6.89. The zero-order valence-corrected chi connectivity index (χ0v) is 10.0. The van der Waals surface area contributed by atoms with Gasteiger partial charge < -0.3 is 0 Å². The SMILES string of the molecule is ClNC1CSCc2ccc(Br)cc21. The lowest BCUT2D eigenvalue weighted by Gasteiger charge is -2.23. The molecule has 1 heterocycles. The maximum Gasteiger partial charge on any atom is 0.0564 e. The molecule has 0 aromatic heterocycles. The van der Waals surface area contributed by atoms with Gasteiger partial charge in [0.05, 0.1) is 6.04 Å². The van der Waals surface area contributed by atoms with Gasteiger partial charge >= 0.3 is 0 Å². The van der Waals surface area contributed by atoms with E-state index >= 15 is 0 Å². The molecule has 70 valence electrons. The molecule has 4 heteroatoms. The fourth-order valence-corrected chi connectivity index (χ4v) is 3.25. The summed E-state index contributed by atoms with van der Waals surface area (Å²) in [6, 6.07) is 6.67. The lowest BCUT2D eigenvalue weighted by Crippen LogP contribution is -2.19. The highest BCUT2D eigenvalue weighted by atomic mass is 79.9. The van der Waals surface area contributed by atoms with Crippen LogP contribution < -0.4 is 4.84 Å². The molecular weight excluding hydrogens is 270 g/mol. The van der Waals surface area contributed by atoms with E-state index in [-0.39, 0.29) is 6.04 Å². The van der Waals surface area contributed by atoms with E-state index in [2.05, 4.69) is 39.0 Å². The third-order valence-corrected chi connectivity index (χ3v) is 4.00. The van der Waals surface area contributed by atoms with Gasteiger partial charge in [-0.25, -0.2) is 4.84 Å². The van der Waals surface area contributed by atoms with E-state index in [1.165, 1.54) is 11.1 Å². The van der Waals surface area contributed by atoms with Crippen molar-refractivity contribution in [3.05, 3.63) is 33.8 Å². The van der Waals surface area contributed by atoms with E-state index in [0.717, 1.165) is 16.0 Å². The first-order chi connectivity index (χ1) is 6.31. The summed E-state index contributed by atoms with van der Waals surface area (Å²) in [6.45, 7) is 0. The van der Waals surface area contributed by atoms with Crippen LogP contribution in [-0.2, 0) is 5.75 Å². The topological polar surface area (TPSA) is 12.0 Å². The van der Waals surface area contributed by atoms with Crippen molar-refractivity contribution in [1.82, 2.24) is 4.84 Å². The second kappa shape index (κ2) is 4.22. The van der Waals surface area contributed by atoms with E-state index in [4.69, 9.17) is 11.8 Å². The van der Waals surface area contributed by atoms with Crippen molar-refractivity contribution in [2.24, 2.45) is 0 Å². The van der Waals surface area contributed by atoms with Gasteiger partial charge in [-0.3, -0.25) is 0 Å². The molecule has 1 aromatic carbocycles. The summed E-state index contributed by atoms with van der Waals surface area (Å²) < 4.78 is 1.12. The van der Waals surface area contributed by atoms with Crippen LogP contribution in [0.2, 0.25) is 0 Å². The fourth-order valence-electron chi connectivity index (χ4n) is 1.49. The number of halogens is 2. The molecule has 1 nitrogen and oxygen atoms in total. The molecule has 1 N–H and O–H groups in total. The highest BCUT2D eigenvalue weighted by Gasteiger charge is 2.19. The molecule has 1 unspecified atom stereocenters. The third-order valence-electron chi connectivity index (χ3n) is 2.16. The molecule has 0 spiro atoms. The normalized spacial score (nSPS) is 21.2. The minimum atomic E-state index is 0.285. The summed E-state index contributed by atoms with van der Waals surface area (Å²) in [5.41, 5.74) is 2.71. The van der Waals surface area contributed by atoms with Gasteiger partial charge in [0, 0.05) is 16.0 Å². The average molecular weight is 279 g/mol. The van der Waals surface area contributed by atoms with E-state index in [0.29, 0.717) is 0 Å². The van der Waals surface area contributed by atoms with Crippen LogP contribution in [0.1, 0.15) is 17.2 Å². The Labute approximate surface area is 95.5 Å². The molecule has 0 aliphatic carbocycles. The quantitative estimate of drug-likeness (QED) is 0.789. The number of rotatable bonds is 1. The molecule has 1 aromatic rings. The maximum atomic E-state index is 5.68. The summed E-state index contributed by atoms with van der Waals surface area (Å²) in [4.78, 5) is 2.82. The molecule has 0 saturated carbocycles. The van der Waals surface area contributed by atoms with Gasteiger partial charge in [-0.05, 0) is 35.0 Å². The zero-order chi connectivity index (χ0) is 9.26. The predicted molar refractivity (Wildman–Crippen MR) is 62.0 cm³/mol. The largest absolute Gasteiger partial charge is 0.225 e. The Hall–Kier alpha value is 0.300. The Kier molecular flexibility index (Phi) is 3.19. The monoisotopic (exact) mass is 277 g/mol. The van der Waals surface area contributed by atoms with Crippen molar-refractivity contribution in [2.45, 2.75) is 11.8 Å². The van der Waals surface area contributed by atoms with Crippen molar-refractivity contribution in [3.63, 3.8) is 0 Å². The first kappa shape index (κ1) is 9.84. The molecule has 0 radical (unpaired) electrons. The van der Waals surface area contributed by atoms with Crippen molar-refractivity contribution in [3.8, 4) is 0 Å². The molecule has 2 rings (SSSR count). The molecule has 13 heavy (non-hydrogen) atoms. The summed E-state index contributed by atoms with van der Waals surface area (Å²) in [7, 11) is 0. The average Bonchev–Trinajstić information content (AvgIpc) is 2.17. The fraction of sp³-hybridized carbons (Fsp3) is 0.333. The Bertz CT molecular complexity index is 318. The van der Waals surface area contributed by atoms with E-state index in [1.807, 2.05) is 11.8 Å². The highest BCUT2D eigenvalue weighted by Crippen LogP contribution is 2.33. The standard InChI is InChI=1S/C9H9BrClNS/c10-7-2-1-6-4-13-5-9(12-11)8(6)3-7/h1-3,9,12H,4-5H2. The second-order valence-electron chi connectivity index (χ2n) is 3.02. The molecular formula is C9H9BrClNS. The Morgan fingerprint density at radius 2 is 2.38 bits per heavy atom. The number of hydrogen-bond donors (Lipinski definition) is 1. The minimum Gasteiger partial charge on any atom is -0.225 e. The summed E-state index contributed by atoms with van der Waals surface area (Å²) in [6.07, 6.45) is 0. The first-order valence-electron chi connectivity index (χ1n) is 4.03. The van der Waals surface area contributed by atoms with Gasteiger partial charge in [0.1, 0.15) is 0 Å².